The van der Waals surface area contributed by atoms with Crippen LogP contribution in [0.2, 0.25) is 0 Å². The fourth-order valence-corrected chi connectivity index (χ4v) is 16.0. The average molecular weight is 2000 g/mol. The fourth-order valence-electron chi connectivity index (χ4n) is 16.0. The summed E-state index contributed by atoms with van der Waals surface area (Å²) < 4.78 is 47.2. The molecule has 13 aromatic rings. The van der Waals surface area contributed by atoms with Crippen molar-refractivity contribution >= 4 is 92.5 Å². The first-order chi connectivity index (χ1) is 71.7. The van der Waals surface area contributed by atoms with E-state index in [1.807, 2.05) is 172 Å². The summed E-state index contributed by atoms with van der Waals surface area (Å²) in [5.74, 6) is 14.9. The van der Waals surface area contributed by atoms with Crippen LogP contribution in [0, 0.1) is 85.4 Å². The highest BCUT2D eigenvalue weighted by Gasteiger charge is 2.64. The number of carbonyl (C=O) groups excluding carboxylic acids is 7. The molecule has 2 aliphatic carbocycles. The summed E-state index contributed by atoms with van der Waals surface area (Å²) in [5.41, 5.74) is 14.5. The quantitative estimate of drug-likeness (QED) is 0.00388. The monoisotopic (exact) mass is 2000 g/mol. The molecule has 15 rings (SSSR count). The summed E-state index contributed by atoms with van der Waals surface area (Å²) in [5, 5.41) is 20.5. The number of benzene rings is 11. The van der Waals surface area contributed by atoms with Crippen LogP contribution in [0.15, 0.2) is 302 Å². The van der Waals surface area contributed by atoms with Crippen molar-refractivity contribution in [1.29, 1.82) is 0 Å². The predicted octanol–water partition coefficient (Wildman–Crippen LogP) is 24.9. The van der Waals surface area contributed by atoms with E-state index in [1.165, 1.54) is 29.8 Å². The maximum absolute atomic E-state index is 12.9. The molecule has 23 heteroatoms. The molecule has 2 saturated carbocycles. The number of hydrogen-bond acceptors (Lipinski definition) is 22. The minimum absolute atomic E-state index is 0.0305. The van der Waals surface area contributed by atoms with Crippen molar-refractivity contribution in [2.75, 3.05) is 88.8 Å². The molecule has 2 aromatic heterocycles. The number of oxazole rings is 1. The lowest BCUT2D eigenvalue weighted by molar-refractivity contribution is -0.146. The molecule has 149 heavy (non-hydrogen) atoms. The number of nitrogens with zero attached hydrogens (tertiary/aromatic N) is 4. The average Bonchev–Trinajstić information content (AvgIpc) is 1.54. The van der Waals surface area contributed by atoms with Gasteiger partial charge in [-0.3, -0.25) is 19.2 Å². The normalized spacial score (nSPS) is 13.3. The highest BCUT2D eigenvalue weighted by Crippen LogP contribution is 2.66. The zero-order chi connectivity index (χ0) is 108. The summed E-state index contributed by atoms with van der Waals surface area (Å²) in [6, 6.07) is 76.9. The first-order valence-corrected chi connectivity index (χ1v) is 48.7. The lowest BCUT2D eigenvalue weighted by Gasteiger charge is -2.31. The second-order valence-electron chi connectivity index (χ2n) is 35.6. The Kier molecular flexibility index (Phi) is 43.9. The lowest BCUT2D eigenvalue weighted by atomic mass is 9.70. The molecule has 23 nitrogen and oxygen atoms in total. The molecular formula is C126H127N5O18. The van der Waals surface area contributed by atoms with Crippen LogP contribution in [0.3, 0.4) is 0 Å². The van der Waals surface area contributed by atoms with Crippen LogP contribution in [0.5, 0.6) is 34.5 Å². The molecule has 764 valence electrons. The standard InChI is InChI=1S/C22H22O3.C21H21NO4.C20H24O2.C17H15NO2.C17H18O5.C16H12N2O.C13H15NO/c1-5-14-25-19-12-8-17(9-13-19)21(24)15-20(23)16-6-10-18(11-7-16)22(2,3)4;1-4-13-26-21(25)17-10-8-7-9-16(17)20(24)18-12-11-15(14-19(18)23)22(5-2)6-3;1-5-12-22-15-8-6-14(7-9-15)13-16-17-10-11-20(4,18(16)21)19(17,2)3;1-3-10-19-14-7-5-13(6-8-14)17-18-15-11-12(2)4-9-16(15)20-17;1-4-11-22-14-9-7-13(8-10-14)12-15(16(18)20-5-2)17(19)21-6-3;1-2-11-19-13-9-7-12(8-10-13)16-17-14-5-3-4-6-15(14)18-16;1-4-10-14(5-2)13-8-6-12(7-9-13)11(3)15/h1,6-13,15,24H,14H2,2-4H3;1,7-12,14,23H,5-6,13H2,2-3H3;5-9,13,17H,1,10-12H2,2-4H3;3-9,11H,1,10H2,2H3;1,7-10,12H,5-6,11H2,2-3H3;1,3-10H,11H2,(H,17,18);1,6-9H,5,10H2,2-3H3/b;;16-13+;;;;. The van der Waals surface area contributed by atoms with Gasteiger partial charge in [0.25, 0.3) is 0 Å². The highest BCUT2D eigenvalue weighted by molar-refractivity contribution is 6.18. The molecule has 0 radical (unpaired) electrons. The maximum atomic E-state index is 12.9. The molecule has 11 aromatic carbocycles. The van der Waals surface area contributed by atoms with Gasteiger partial charge in [-0.05, 0) is 282 Å². The number of aryl methyl sites for hydroxylation is 1. The van der Waals surface area contributed by atoms with Gasteiger partial charge in [-0.15, -0.1) is 32.1 Å². The number of aliphatic hydroxyl groups excluding tert-OH is 1. The van der Waals surface area contributed by atoms with Crippen molar-refractivity contribution in [1.82, 2.24) is 15.0 Å². The molecule has 0 aliphatic heterocycles. The number of nitrogens with one attached hydrogen (secondary N) is 1. The number of ketones is 4. The van der Waals surface area contributed by atoms with Gasteiger partial charge < -0.3 is 67.3 Å². The third kappa shape index (κ3) is 32.6. The van der Waals surface area contributed by atoms with Crippen LogP contribution < -0.4 is 33.5 Å². The van der Waals surface area contributed by atoms with E-state index in [1.54, 1.807) is 124 Å². The molecule has 2 bridgehead atoms. The molecule has 0 amide bonds. The van der Waals surface area contributed by atoms with Crippen molar-refractivity contribution < 1.29 is 86.1 Å². The number of imidazole rings is 1. The van der Waals surface area contributed by atoms with Gasteiger partial charge in [-0.25, -0.2) is 24.4 Å². The highest BCUT2D eigenvalue weighted by atomic mass is 16.6. The van der Waals surface area contributed by atoms with Gasteiger partial charge in [0.05, 0.1) is 41.9 Å². The van der Waals surface area contributed by atoms with Crippen LogP contribution in [0.25, 0.3) is 62.9 Å². The lowest BCUT2D eigenvalue weighted by Crippen LogP contribution is -2.32. The van der Waals surface area contributed by atoms with Gasteiger partial charge in [0.1, 0.15) is 90.2 Å². The minimum atomic E-state index is -0.714. The van der Waals surface area contributed by atoms with Gasteiger partial charge in [-0.1, -0.05) is 181 Å². The van der Waals surface area contributed by atoms with Gasteiger partial charge in [-0.2, -0.15) is 0 Å². The molecule has 2 aliphatic rings. The SMILES string of the molecule is C#CCN(CC)c1ccc(C(C)=O)cc1.C#CCOC(=O)c1ccccc1C(=O)c1ccc(N(CC)CC)cc1O.C#CCOc1ccc(-c2nc3ccccc3[nH]2)cc1.C#CCOc1ccc(C(O)=CC(=O)c2ccc(C(C)(C)C)cc2)cc1.C#CCOc1ccc(C=C(C(=O)OCC)C(=O)OCC)cc1.C=CCOc1ccc(-c2nc3cc(C)ccc3o2)cc1.C=CCOc1ccc(/C=C2/C(=O)C3(C)CCC2C3(C)C)cc1. The Balaban J connectivity index is 0.000000194. The van der Waals surface area contributed by atoms with E-state index in [2.05, 4.69) is 122 Å². The third-order valence-corrected chi connectivity index (χ3v) is 24.4. The second-order valence-corrected chi connectivity index (χ2v) is 35.6. The number of ether oxygens (including phenoxy) is 8. The number of carbonyl (C=O) groups is 7. The topological polar surface area (TPSA) is 295 Å². The largest absolute Gasteiger partial charge is 0.507 e. The Morgan fingerprint density at radius 2 is 1.03 bits per heavy atom. The summed E-state index contributed by atoms with van der Waals surface area (Å²) in [7, 11) is 0. The van der Waals surface area contributed by atoms with Gasteiger partial charge in [0.2, 0.25) is 5.89 Å². The number of aromatic hydroxyl groups is 1. The first kappa shape index (κ1) is 115. The number of rotatable bonds is 34. The molecule has 2 unspecified atom stereocenters. The van der Waals surface area contributed by atoms with Gasteiger partial charge in [0.15, 0.2) is 35.3 Å². The number of phenols is 1. The summed E-state index contributed by atoms with van der Waals surface area (Å²) in [6.07, 6.45) is 36.1. The van der Waals surface area contributed by atoms with Gasteiger partial charge in [0, 0.05) is 81.9 Å². The third-order valence-electron chi connectivity index (χ3n) is 24.4. The molecule has 0 saturated heterocycles. The van der Waals surface area contributed by atoms with E-state index in [-0.39, 0.29) is 101 Å². The van der Waals surface area contributed by atoms with Crippen LogP contribution in [-0.4, -0.2) is 145 Å². The molecule has 3 N–H and O–H groups in total. The molecule has 2 atom stereocenters. The van der Waals surface area contributed by atoms with E-state index >= 15 is 0 Å². The smallest absolute Gasteiger partial charge is 0.345 e. The number of aliphatic hydroxyl groups is 1. The Labute approximate surface area is 874 Å². The number of phenolic OH excluding ortho intramolecular Hbond substituents is 1. The maximum Gasteiger partial charge on any atom is 0.345 e. The predicted molar refractivity (Wildman–Crippen MR) is 592 cm³/mol. The minimum Gasteiger partial charge on any atom is -0.507 e. The molecule has 0 spiro atoms. The van der Waals surface area contributed by atoms with Crippen molar-refractivity contribution in [2.45, 2.75) is 108 Å². The zero-order valence-electron chi connectivity index (χ0n) is 86.6. The van der Waals surface area contributed by atoms with Crippen molar-refractivity contribution in [3.8, 4) is 119 Å². The number of para-hydroxylation sites is 2. The number of Topliss-reactive ketones (excluding diaryl/α,β-unsaturated/α-hetero) is 2. The van der Waals surface area contributed by atoms with Gasteiger partial charge >= 0.3 is 17.9 Å². The Hall–Kier alpha value is -17.9. The summed E-state index contributed by atoms with van der Waals surface area (Å²) in [4.78, 5) is 101. The number of terminal acetylenes is 5. The van der Waals surface area contributed by atoms with Crippen molar-refractivity contribution in [2.24, 2.45) is 16.7 Å². The number of hydrogen-bond donors (Lipinski definition) is 3. The van der Waals surface area contributed by atoms with Crippen molar-refractivity contribution in [3.63, 3.8) is 0 Å². The Morgan fingerprint density at radius 3 is 1.52 bits per heavy atom. The number of H-pyrrole nitrogens is 1. The number of anilines is 2. The fraction of sp³-hybridized carbons (Fsp3) is 0.246. The van der Waals surface area contributed by atoms with E-state index in [0.717, 1.165) is 122 Å². The Morgan fingerprint density at radius 1 is 0.530 bits per heavy atom. The number of allylic oxidation sites excluding steroid dienone is 2. The van der Waals surface area contributed by atoms with E-state index in [4.69, 9.17) is 74.4 Å². The first-order valence-electron chi connectivity index (χ1n) is 48.7. The summed E-state index contributed by atoms with van der Waals surface area (Å²) in [6.45, 7) is 38.1. The van der Waals surface area contributed by atoms with Crippen molar-refractivity contribution in [3.05, 3.63) is 353 Å². The van der Waals surface area contributed by atoms with Crippen LogP contribution in [0.4, 0.5) is 11.4 Å². The number of aromatic amines is 1. The summed E-state index contributed by atoms with van der Waals surface area (Å²) >= 11 is 0. The van der Waals surface area contributed by atoms with E-state index in [0.29, 0.717) is 65.5 Å². The number of fused-ring (bicyclic) bond motifs is 4. The second kappa shape index (κ2) is 57.0. The molecule has 2 heterocycles. The zero-order valence-corrected chi connectivity index (χ0v) is 86.6. The number of aromatic nitrogens is 3. The van der Waals surface area contributed by atoms with Crippen LogP contribution in [0.1, 0.15) is 171 Å². The molecular weight excluding hydrogens is 1870 g/mol. The number of esters is 3. The van der Waals surface area contributed by atoms with E-state index < -0.39 is 23.7 Å². The Bertz CT molecular complexity index is 7030. The van der Waals surface area contributed by atoms with E-state index in [9.17, 15) is 43.8 Å². The molecule has 2 fully saturated rings. The van der Waals surface area contributed by atoms with Crippen LogP contribution in [-0.2, 0) is 34.0 Å². The van der Waals surface area contributed by atoms with Crippen LogP contribution >= 0.6 is 0 Å².